The maximum absolute atomic E-state index is 11.9. The molecule has 0 unspecified atom stereocenters. The Labute approximate surface area is 198 Å². The van der Waals surface area contributed by atoms with Crippen LogP contribution < -0.4 is 14.9 Å². The molecule has 0 atom stereocenters. The van der Waals surface area contributed by atoms with Crippen LogP contribution in [0.15, 0.2) is 47.7 Å². The Morgan fingerprint density at radius 3 is 2.69 bits per heavy atom. The molecule has 9 heteroatoms. The SMILES string of the molecule is COc1ccc(/C=N/NC(=O)c2ccn[nH]2)cc1COc1cc(C)c(Cl)cc1C(C)C.Cl. The van der Waals surface area contributed by atoms with Crippen molar-refractivity contribution in [1.29, 1.82) is 0 Å². The van der Waals surface area contributed by atoms with Gasteiger partial charge in [0.2, 0.25) is 0 Å². The summed E-state index contributed by atoms with van der Waals surface area (Å²) in [5.41, 5.74) is 6.45. The fraction of sp³-hybridized carbons (Fsp3) is 0.261. The molecule has 1 amide bonds. The molecule has 170 valence electrons. The number of hydrogen-bond acceptors (Lipinski definition) is 5. The van der Waals surface area contributed by atoms with Crippen LogP contribution in [0.1, 0.15) is 52.5 Å². The van der Waals surface area contributed by atoms with Gasteiger partial charge < -0.3 is 9.47 Å². The van der Waals surface area contributed by atoms with Gasteiger partial charge in [0, 0.05) is 16.8 Å². The highest BCUT2D eigenvalue weighted by molar-refractivity contribution is 6.31. The lowest BCUT2D eigenvalue weighted by Gasteiger charge is -2.17. The van der Waals surface area contributed by atoms with Crippen molar-refractivity contribution >= 4 is 36.1 Å². The third-order valence-corrected chi connectivity index (χ3v) is 5.13. The predicted octanol–water partition coefficient (Wildman–Crippen LogP) is 5.27. The number of H-pyrrole nitrogens is 1. The van der Waals surface area contributed by atoms with Crippen LogP contribution in [0, 0.1) is 6.92 Å². The Hall–Kier alpha value is -3.03. The van der Waals surface area contributed by atoms with Crippen LogP contribution in [0.2, 0.25) is 5.02 Å². The summed E-state index contributed by atoms with van der Waals surface area (Å²) in [6, 6.07) is 11.1. The van der Waals surface area contributed by atoms with Crippen molar-refractivity contribution in [3.05, 3.63) is 75.6 Å². The molecule has 1 aromatic heterocycles. The molecule has 3 aromatic rings. The summed E-state index contributed by atoms with van der Waals surface area (Å²) in [6.45, 7) is 6.47. The number of aromatic amines is 1. The zero-order chi connectivity index (χ0) is 22.4. The highest BCUT2D eigenvalue weighted by atomic mass is 35.5. The first-order valence-electron chi connectivity index (χ1n) is 9.81. The Morgan fingerprint density at radius 1 is 1.25 bits per heavy atom. The van der Waals surface area contributed by atoms with E-state index in [9.17, 15) is 4.79 Å². The Morgan fingerprint density at radius 2 is 2.03 bits per heavy atom. The van der Waals surface area contributed by atoms with E-state index in [4.69, 9.17) is 21.1 Å². The van der Waals surface area contributed by atoms with E-state index in [1.54, 1.807) is 19.4 Å². The summed E-state index contributed by atoms with van der Waals surface area (Å²) in [4.78, 5) is 11.9. The fourth-order valence-electron chi connectivity index (χ4n) is 3.00. The first-order valence-corrected chi connectivity index (χ1v) is 10.2. The quantitative estimate of drug-likeness (QED) is 0.342. The summed E-state index contributed by atoms with van der Waals surface area (Å²) in [7, 11) is 1.61. The van der Waals surface area contributed by atoms with Crippen molar-refractivity contribution in [2.45, 2.75) is 33.3 Å². The zero-order valence-electron chi connectivity index (χ0n) is 18.3. The second-order valence-corrected chi connectivity index (χ2v) is 7.73. The minimum atomic E-state index is -0.370. The maximum Gasteiger partial charge on any atom is 0.289 e. The van der Waals surface area contributed by atoms with E-state index in [0.717, 1.165) is 33.0 Å². The molecule has 3 rings (SSSR count). The number of halogens is 2. The number of ether oxygens (including phenoxy) is 2. The Balaban J connectivity index is 0.00000363. The number of nitrogens with one attached hydrogen (secondary N) is 2. The molecule has 32 heavy (non-hydrogen) atoms. The van der Waals surface area contributed by atoms with Gasteiger partial charge in [-0.1, -0.05) is 25.4 Å². The van der Waals surface area contributed by atoms with Crippen LogP contribution in [0.25, 0.3) is 0 Å². The van der Waals surface area contributed by atoms with Crippen molar-refractivity contribution < 1.29 is 14.3 Å². The third kappa shape index (κ3) is 6.24. The van der Waals surface area contributed by atoms with Crippen molar-refractivity contribution in [3.63, 3.8) is 0 Å². The van der Waals surface area contributed by atoms with Gasteiger partial charge in [-0.25, -0.2) is 5.43 Å². The standard InChI is InChI=1S/C23H25ClN4O3.ClH/c1-14(2)18-11-19(24)15(3)9-22(18)31-13-17-10-16(5-6-21(17)30-4)12-26-28-23(29)20-7-8-25-27-20;/h5-12,14H,13H2,1-4H3,(H,25,27)(H,28,29);1H/b26-12+;. The number of carbonyl (C=O) groups is 1. The largest absolute Gasteiger partial charge is 0.496 e. The van der Waals surface area contributed by atoms with Crippen LogP contribution >= 0.6 is 24.0 Å². The van der Waals surface area contributed by atoms with Gasteiger partial charge in [-0.2, -0.15) is 10.2 Å². The number of methoxy groups -OCH3 is 1. The van der Waals surface area contributed by atoms with Crippen LogP contribution in [-0.2, 0) is 6.61 Å². The molecule has 2 N–H and O–H groups in total. The number of hydrogen-bond donors (Lipinski definition) is 2. The number of amides is 1. The van der Waals surface area contributed by atoms with Crippen LogP contribution in [0.3, 0.4) is 0 Å². The maximum atomic E-state index is 11.9. The predicted molar refractivity (Wildman–Crippen MR) is 128 cm³/mol. The Bertz CT molecular complexity index is 1080. The number of carbonyl (C=O) groups excluding carboxylic acids is 1. The lowest BCUT2D eigenvalue weighted by molar-refractivity contribution is 0.0950. The van der Waals surface area contributed by atoms with Crippen LogP contribution in [0.4, 0.5) is 0 Å². The molecular formula is C23H26Cl2N4O3. The summed E-state index contributed by atoms with van der Waals surface area (Å²) in [6.07, 6.45) is 3.06. The van der Waals surface area contributed by atoms with E-state index in [1.807, 2.05) is 37.3 Å². The molecule has 0 saturated carbocycles. The third-order valence-electron chi connectivity index (χ3n) is 4.73. The number of aromatic nitrogens is 2. The first kappa shape index (κ1) is 25.2. The zero-order valence-corrected chi connectivity index (χ0v) is 19.9. The van der Waals surface area contributed by atoms with Crippen LogP contribution in [0.5, 0.6) is 11.5 Å². The summed E-state index contributed by atoms with van der Waals surface area (Å²) >= 11 is 6.29. The van der Waals surface area contributed by atoms with Crippen LogP contribution in [-0.4, -0.2) is 29.4 Å². The van der Waals surface area contributed by atoms with Crippen molar-refractivity contribution in [3.8, 4) is 11.5 Å². The second kappa shape index (κ2) is 11.5. The average molecular weight is 477 g/mol. The van der Waals surface area contributed by atoms with Gasteiger partial charge in [0.1, 0.15) is 23.8 Å². The second-order valence-electron chi connectivity index (χ2n) is 7.32. The van der Waals surface area contributed by atoms with Gasteiger partial charge in [-0.05, 0) is 65.9 Å². The number of benzene rings is 2. The molecule has 0 aliphatic heterocycles. The van der Waals surface area contributed by atoms with Gasteiger partial charge in [-0.3, -0.25) is 9.89 Å². The van der Waals surface area contributed by atoms with Gasteiger partial charge in [0.25, 0.3) is 5.91 Å². The summed E-state index contributed by atoms with van der Waals surface area (Å²) in [5, 5.41) is 11.1. The normalized spacial score (nSPS) is 10.8. The smallest absolute Gasteiger partial charge is 0.289 e. The molecule has 0 aliphatic carbocycles. The first-order chi connectivity index (χ1) is 14.9. The molecule has 0 aliphatic rings. The Kier molecular flexibility index (Phi) is 9.11. The minimum Gasteiger partial charge on any atom is -0.496 e. The van der Waals surface area contributed by atoms with E-state index in [1.165, 1.54) is 6.20 Å². The van der Waals surface area contributed by atoms with E-state index < -0.39 is 0 Å². The average Bonchev–Trinajstić information content (AvgIpc) is 3.29. The molecular weight excluding hydrogens is 451 g/mol. The number of aryl methyl sites for hydroxylation is 1. The fourth-order valence-corrected chi connectivity index (χ4v) is 3.17. The van der Waals surface area contributed by atoms with E-state index in [0.29, 0.717) is 18.1 Å². The van der Waals surface area contributed by atoms with Gasteiger partial charge in [-0.15, -0.1) is 12.4 Å². The van der Waals surface area contributed by atoms with Crippen molar-refractivity contribution in [1.82, 2.24) is 15.6 Å². The molecule has 0 radical (unpaired) electrons. The molecule has 0 saturated heterocycles. The van der Waals surface area contributed by atoms with Gasteiger partial charge in [0.05, 0.1) is 13.3 Å². The minimum absolute atomic E-state index is 0. The molecule has 0 spiro atoms. The molecule has 2 aromatic carbocycles. The number of hydrazone groups is 1. The molecule has 7 nitrogen and oxygen atoms in total. The van der Waals surface area contributed by atoms with Crippen molar-refractivity contribution in [2.24, 2.45) is 5.10 Å². The van der Waals surface area contributed by atoms with E-state index >= 15 is 0 Å². The lowest BCUT2D eigenvalue weighted by Crippen LogP contribution is -2.18. The number of nitrogens with zero attached hydrogens (tertiary/aromatic N) is 2. The molecule has 1 heterocycles. The highest BCUT2D eigenvalue weighted by Crippen LogP contribution is 2.33. The topological polar surface area (TPSA) is 88.6 Å². The van der Waals surface area contributed by atoms with Crippen molar-refractivity contribution in [2.75, 3.05) is 7.11 Å². The summed E-state index contributed by atoms with van der Waals surface area (Å²) < 4.78 is 11.6. The molecule has 0 bridgehead atoms. The van der Waals surface area contributed by atoms with Gasteiger partial charge in [0.15, 0.2) is 0 Å². The monoisotopic (exact) mass is 476 g/mol. The number of rotatable bonds is 8. The van der Waals surface area contributed by atoms with Gasteiger partial charge >= 0.3 is 0 Å². The highest BCUT2D eigenvalue weighted by Gasteiger charge is 2.13. The summed E-state index contributed by atoms with van der Waals surface area (Å²) in [5.74, 6) is 1.40. The lowest BCUT2D eigenvalue weighted by atomic mass is 10.0. The van der Waals surface area contributed by atoms with E-state index in [-0.39, 0.29) is 24.2 Å². The molecule has 0 fully saturated rings. The van der Waals surface area contributed by atoms with E-state index in [2.05, 4.69) is 34.6 Å².